The van der Waals surface area contributed by atoms with Crippen LogP contribution in [0.3, 0.4) is 0 Å². The first-order chi connectivity index (χ1) is 12.0. The Bertz CT molecular complexity index is 769. The van der Waals surface area contributed by atoms with E-state index in [0.717, 1.165) is 12.0 Å². The maximum Gasteiger partial charge on any atom is 0.240 e. The molecule has 0 saturated heterocycles. The minimum absolute atomic E-state index is 0.228. The maximum atomic E-state index is 12.5. The van der Waals surface area contributed by atoms with Crippen LogP contribution in [-0.2, 0) is 16.0 Å². The Labute approximate surface area is 156 Å². The minimum Gasteiger partial charge on any atom is -0.355 e. The number of hydrogen-bond donors (Lipinski definition) is 2. The average Bonchev–Trinajstić information content (AvgIpc) is 3.36. The fourth-order valence-corrected chi connectivity index (χ4v) is 3.22. The van der Waals surface area contributed by atoms with Gasteiger partial charge in [0.25, 0.3) is 0 Å². The van der Waals surface area contributed by atoms with Crippen molar-refractivity contribution in [2.75, 3.05) is 11.9 Å². The van der Waals surface area contributed by atoms with E-state index >= 15 is 0 Å². The van der Waals surface area contributed by atoms with Gasteiger partial charge in [0.15, 0.2) is 0 Å². The van der Waals surface area contributed by atoms with Crippen molar-refractivity contribution in [1.29, 1.82) is 0 Å². The molecule has 130 valence electrons. The number of anilines is 1. The quantitative estimate of drug-likeness (QED) is 0.746. The first-order valence-corrected chi connectivity index (χ1v) is 8.85. The van der Waals surface area contributed by atoms with E-state index in [2.05, 4.69) is 10.6 Å². The zero-order chi connectivity index (χ0) is 17.9. The van der Waals surface area contributed by atoms with Crippen LogP contribution in [-0.4, -0.2) is 18.4 Å². The SMILES string of the molecule is O=C(NCCc1ccccc1)C1(C(=O)Nc2cc(Cl)cc(Cl)c2)CC1. The van der Waals surface area contributed by atoms with Gasteiger partial charge in [-0.05, 0) is 43.0 Å². The number of halogens is 2. The molecule has 1 saturated carbocycles. The lowest BCUT2D eigenvalue weighted by molar-refractivity contribution is -0.134. The van der Waals surface area contributed by atoms with Gasteiger partial charge < -0.3 is 10.6 Å². The monoisotopic (exact) mass is 376 g/mol. The standard InChI is InChI=1S/C19H18Cl2N2O2/c20-14-10-15(21)12-16(11-14)23-18(25)19(7-8-19)17(24)22-9-6-13-4-2-1-3-5-13/h1-5,10-12H,6-9H2,(H,22,24)(H,23,25). The molecule has 0 atom stereocenters. The third kappa shape index (κ3) is 4.33. The van der Waals surface area contributed by atoms with E-state index in [1.54, 1.807) is 18.2 Å². The van der Waals surface area contributed by atoms with Gasteiger partial charge in [0.05, 0.1) is 0 Å². The third-order valence-corrected chi connectivity index (χ3v) is 4.72. The van der Waals surface area contributed by atoms with Crippen molar-refractivity contribution in [3.05, 3.63) is 64.1 Å². The second-order valence-electron chi connectivity index (χ2n) is 6.19. The molecule has 2 aromatic carbocycles. The number of amides is 2. The van der Waals surface area contributed by atoms with Gasteiger partial charge in [-0.2, -0.15) is 0 Å². The molecule has 2 aromatic rings. The molecule has 0 radical (unpaired) electrons. The number of hydrogen-bond acceptors (Lipinski definition) is 2. The van der Waals surface area contributed by atoms with Gasteiger partial charge in [0.2, 0.25) is 11.8 Å². The summed E-state index contributed by atoms with van der Waals surface area (Å²) in [5.41, 5.74) is 0.655. The number of rotatable bonds is 6. The highest BCUT2D eigenvalue weighted by Crippen LogP contribution is 2.47. The van der Waals surface area contributed by atoms with Gasteiger partial charge in [0, 0.05) is 22.3 Å². The molecule has 0 aromatic heterocycles. The zero-order valence-corrected chi connectivity index (χ0v) is 15.0. The molecule has 0 spiro atoms. The number of benzene rings is 2. The lowest BCUT2D eigenvalue weighted by atomic mass is 10.0. The molecule has 0 heterocycles. The lowest BCUT2D eigenvalue weighted by Crippen LogP contribution is -2.40. The second kappa shape index (κ2) is 7.46. The Balaban J connectivity index is 1.57. The number of nitrogens with one attached hydrogen (secondary N) is 2. The van der Waals surface area contributed by atoms with Crippen molar-refractivity contribution in [2.45, 2.75) is 19.3 Å². The van der Waals surface area contributed by atoms with Crippen LogP contribution in [0.2, 0.25) is 10.0 Å². The Morgan fingerprint density at radius 3 is 2.20 bits per heavy atom. The summed E-state index contributed by atoms with van der Waals surface area (Å²) in [6.07, 6.45) is 1.82. The highest BCUT2D eigenvalue weighted by Gasteiger charge is 2.56. The van der Waals surface area contributed by atoms with Crippen molar-refractivity contribution in [3.63, 3.8) is 0 Å². The van der Waals surface area contributed by atoms with Crippen LogP contribution in [0.15, 0.2) is 48.5 Å². The van der Waals surface area contributed by atoms with Gasteiger partial charge in [-0.25, -0.2) is 0 Å². The Morgan fingerprint density at radius 1 is 0.960 bits per heavy atom. The van der Waals surface area contributed by atoms with Crippen molar-refractivity contribution in [1.82, 2.24) is 5.32 Å². The van der Waals surface area contributed by atoms with Gasteiger partial charge in [-0.15, -0.1) is 0 Å². The molecule has 2 amide bonds. The minimum atomic E-state index is -0.981. The molecule has 1 fully saturated rings. The normalized spacial score (nSPS) is 14.6. The fourth-order valence-electron chi connectivity index (χ4n) is 2.69. The second-order valence-corrected chi connectivity index (χ2v) is 7.06. The van der Waals surface area contributed by atoms with E-state index in [0.29, 0.717) is 35.1 Å². The van der Waals surface area contributed by atoms with E-state index in [1.165, 1.54) is 0 Å². The van der Waals surface area contributed by atoms with Crippen LogP contribution < -0.4 is 10.6 Å². The lowest BCUT2D eigenvalue weighted by Gasteiger charge is -2.16. The van der Waals surface area contributed by atoms with Crippen LogP contribution in [0, 0.1) is 5.41 Å². The molecule has 25 heavy (non-hydrogen) atoms. The van der Waals surface area contributed by atoms with Crippen molar-refractivity contribution in [2.24, 2.45) is 5.41 Å². The van der Waals surface area contributed by atoms with Gasteiger partial charge in [0.1, 0.15) is 5.41 Å². The van der Waals surface area contributed by atoms with Crippen LogP contribution in [0.1, 0.15) is 18.4 Å². The summed E-state index contributed by atoms with van der Waals surface area (Å²) in [5, 5.41) is 6.48. The molecule has 4 nitrogen and oxygen atoms in total. The van der Waals surface area contributed by atoms with Crippen LogP contribution in [0.25, 0.3) is 0 Å². The molecule has 0 bridgehead atoms. The number of carbonyl (C=O) groups excluding carboxylic acids is 2. The highest BCUT2D eigenvalue weighted by molar-refractivity contribution is 6.35. The largest absolute Gasteiger partial charge is 0.355 e. The summed E-state index contributed by atoms with van der Waals surface area (Å²) in [5.74, 6) is -0.544. The smallest absolute Gasteiger partial charge is 0.240 e. The first-order valence-electron chi connectivity index (χ1n) is 8.09. The summed E-state index contributed by atoms with van der Waals surface area (Å²) in [6, 6.07) is 14.7. The zero-order valence-electron chi connectivity index (χ0n) is 13.5. The van der Waals surface area contributed by atoms with E-state index in [1.807, 2.05) is 30.3 Å². The molecule has 0 aliphatic heterocycles. The van der Waals surface area contributed by atoms with Gasteiger partial charge in [-0.1, -0.05) is 53.5 Å². The van der Waals surface area contributed by atoms with E-state index in [9.17, 15) is 9.59 Å². The van der Waals surface area contributed by atoms with Crippen molar-refractivity contribution in [3.8, 4) is 0 Å². The predicted molar refractivity (Wildman–Crippen MR) is 99.9 cm³/mol. The predicted octanol–water partition coefficient (Wildman–Crippen LogP) is 4.07. The molecule has 0 unspecified atom stereocenters. The van der Waals surface area contributed by atoms with E-state index < -0.39 is 5.41 Å². The summed E-state index contributed by atoms with van der Waals surface area (Å²) in [7, 11) is 0. The summed E-state index contributed by atoms with van der Waals surface area (Å²) in [6.45, 7) is 0.501. The van der Waals surface area contributed by atoms with Crippen LogP contribution in [0.5, 0.6) is 0 Å². The van der Waals surface area contributed by atoms with Crippen molar-refractivity contribution < 1.29 is 9.59 Å². The molecule has 2 N–H and O–H groups in total. The Morgan fingerprint density at radius 2 is 1.60 bits per heavy atom. The Kier molecular flexibility index (Phi) is 5.30. The average molecular weight is 377 g/mol. The molecule has 3 rings (SSSR count). The van der Waals surface area contributed by atoms with Crippen LogP contribution in [0.4, 0.5) is 5.69 Å². The third-order valence-electron chi connectivity index (χ3n) is 4.28. The van der Waals surface area contributed by atoms with E-state index in [-0.39, 0.29) is 11.8 Å². The number of carbonyl (C=O) groups is 2. The molecular weight excluding hydrogens is 359 g/mol. The summed E-state index contributed by atoms with van der Waals surface area (Å²) < 4.78 is 0. The van der Waals surface area contributed by atoms with Gasteiger partial charge in [-0.3, -0.25) is 9.59 Å². The van der Waals surface area contributed by atoms with E-state index in [4.69, 9.17) is 23.2 Å². The fraction of sp³-hybridized carbons (Fsp3) is 0.263. The highest BCUT2D eigenvalue weighted by atomic mass is 35.5. The molecule has 6 heteroatoms. The summed E-state index contributed by atoms with van der Waals surface area (Å²) in [4.78, 5) is 25.0. The Hall–Kier alpha value is -2.04. The topological polar surface area (TPSA) is 58.2 Å². The molecular formula is C19H18Cl2N2O2. The van der Waals surface area contributed by atoms with Gasteiger partial charge >= 0.3 is 0 Å². The molecule has 1 aliphatic rings. The van der Waals surface area contributed by atoms with Crippen LogP contribution >= 0.6 is 23.2 Å². The maximum absolute atomic E-state index is 12.5. The first kappa shape index (κ1) is 17.8. The summed E-state index contributed by atoms with van der Waals surface area (Å²) >= 11 is 11.9. The molecule has 1 aliphatic carbocycles. The van der Waals surface area contributed by atoms with Crippen molar-refractivity contribution >= 4 is 40.7 Å².